The highest BCUT2D eigenvalue weighted by atomic mass is 35.5. The normalized spacial score (nSPS) is 29.3. The second kappa shape index (κ2) is 9.85. The van der Waals surface area contributed by atoms with E-state index >= 15 is 0 Å². The Kier molecular flexibility index (Phi) is 6.20. The minimum atomic E-state index is -0.798. The monoisotopic (exact) mass is 578 g/mol. The van der Waals surface area contributed by atoms with E-state index in [1.165, 1.54) is 18.4 Å². The lowest BCUT2D eigenvalue weighted by atomic mass is 9.95. The van der Waals surface area contributed by atoms with Gasteiger partial charge < -0.3 is 25.0 Å². The molecule has 0 amide bonds. The molecule has 4 saturated heterocycles. The van der Waals surface area contributed by atoms with Gasteiger partial charge in [0.2, 0.25) is 0 Å². The molecule has 8 rings (SSSR count). The number of hydrogen-bond acceptors (Lipinski definition) is 8. The summed E-state index contributed by atoms with van der Waals surface area (Å²) in [6, 6.07) is 10.7. The Balaban J connectivity index is 1.15. The minimum Gasteiger partial charge on any atom is -0.508 e. The number of piperazine rings is 1. The van der Waals surface area contributed by atoms with Gasteiger partial charge in [0.25, 0.3) is 0 Å². The minimum absolute atomic E-state index is 0.215. The van der Waals surface area contributed by atoms with Crippen LogP contribution in [0.4, 0.5) is 15.9 Å². The topological polar surface area (TPSA) is 77.0 Å². The summed E-state index contributed by atoms with van der Waals surface area (Å²) >= 11 is 6.68. The van der Waals surface area contributed by atoms with Gasteiger partial charge in [-0.15, -0.1) is 0 Å². The zero-order valence-electron chi connectivity index (χ0n) is 23.2. The zero-order chi connectivity index (χ0) is 27.7. The number of nitrogens with zero attached hydrogens (tertiary/aromatic N) is 5. The number of ether oxygens (including phenoxy) is 1. The summed E-state index contributed by atoms with van der Waals surface area (Å²) in [4.78, 5) is 17.0. The summed E-state index contributed by atoms with van der Waals surface area (Å²) < 4.78 is 20.8. The Hall–Kier alpha value is -2.88. The number of benzene rings is 2. The molecular formula is C31H36ClFN6O2. The number of anilines is 2. The van der Waals surface area contributed by atoms with Crippen LogP contribution >= 0.6 is 11.6 Å². The van der Waals surface area contributed by atoms with Crippen LogP contribution in [0, 0.1) is 0 Å². The Labute approximate surface area is 244 Å². The lowest BCUT2D eigenvalue weighted by Gasteiger charge is -2.38. The van der Waals surface area contributed by atoms with Gasteiger partial charge in [0.1, 0.15) is 24.3 Å². The van der Waals surface area contributed by atoms with Crippen LogP contribution in [0.2, 0.25) is 5.02 Å². The molecule has 2 bridgehead atoms. The molecule has 0 aliphatic carbocycles. The number of rotatable bonds is 5. The third kappa shape index (κ3) is 4.48. The van der Waals surface area contributed by atoms with Gasteiger partial charge in [-0.25, -0.2) is 4.39 Å². The van der Waals surface area contributed by atoms with Crippen LogP contribution in [-0.2, 0) is 13.0 Å². The van der Waals surface area contributed by atoms with E-state index in [2.05, 4.69) is 20.0 Å². The van der Waals surface area contributed by atoms with Crippen LogP contribution in [0.5, 0.6) is 11.8 Å². The molecule has 4 fully saturated rings. The van der Waals surface area contributed by atoms with E-state index in [4.69, 9.17) is 26.3 Å². The van der Waals surface area contributed by atoms with Crippen LogP contribution in [0.25, 0.3) is 10.8 Å². The third-order valence-electron chi connectivity index (χ3n) is 10.0. The first-order chi connectivity index (χ1) is 19.9. The van der Waals surface area contributed by atoms with Crippen molar-refractivity contribution >= 4 is 33.9 Å². The largest absolute Gasteiger partial charge is 0.508 e. The fourth-order valence-corrected chi connectivity index (χ4v) is 8.41. The van der Waals surface area contributed by atoms with Crippen LogP contribution in [-0.4, -0.2) is 83.1 Å². The van der Waals surface area contributed by atoms with E-state index in [0.29, 0.717) is 49.2 Å². The van der Waals surface area contributed by atoms with Crippen LogP contribution in [0.15, 0.2) is 30.3 Å². The number of aromatic nitrogens is 2. The molecule has 3 aromatic rings. The van der Waals surface area contributed by atoms with E-state index in [0.717, 1.165) is 73.4 Å². The summed E-state index contributed by atoms with van der Waals surface area (Å²) in [5.41, 5.74) is 2.77. The number of hydrogen-bond donors (Lipinski definition) is 2. The first-order valence-electron chi connectivity index (χ1n) is 15.0. The molecule has 5 aliphatic rings. The number of phenolic OH excluding ortho intramolecular Hbond substituents is 1. The third-order valence-corrected chi connectivity index (χ3v) is 10.3. The predicted molar refractivity (Wildman–Crippen MR) is 158 cm³/mol. The first-order valence-corrected chi connectivity index (χ1v) is 15.4. The number of alkyl halides is 1. The summed E-state index contributed by atoms with van der Waals surface area (Å²) in [5, 5.41) is 16.8. The van der Waals surface area contributed by atoms with Crippen molar-refractivity contribution in [3.63, 3.8) is 0 Å². The molecule has 10 heteroatoms. The second-order valence-electron chi connectivity index (χ2n) is 12.6. The van der Waals surface area contributed by atoms with Crippen LogP contribution < -0.4 is 19.9 Å². The lowest BCUT2D eigenvalue weighted by Crippen LogP contribution is -2.52. The van der Waals surface area contributed by atoms with E-state index in [1.807, 2.05) is 18.2 Å². The first kappa shape index (κ1) is 25.8. The van der Waals surface area contributed by atoms with Crippen molar-refractivity contribution in [2.45, 2.75) is 68.9 Å². The van der Waals surface area contributed by atoms with Gasteiger partial charge in [0, 0.05) is 61.7 Å². The highest BCUT2D eigenvalue weighted by Crippen LogP contribution is 2.42. The Morgan fingerprint density at radius 3 is 2.80 bits per heavy atom. The molecule has 0 saturated carbocycles. The van der Waals surface area contributed by atoms with Gasteiger partial charge in [-0.05, 0) is 56.2 Å². The summed E-state index contributed by atoms with van der Waals surface area (Å²) in [5.74, 6) is 1.20. The number of halogens is 2. The maximum atomic E-state index is 14.4. The smallest absolute Gasteiger partial charge is 0.318 e. The highest BCUT2D eigenvalue weighted by Gasteiger charge is 2.49. The molecule has 4 atom stereocenters. The molecule has 1 aromatic heterocycles. The molecule has 2 aromatic carbocycles. The van der Waals surface area contributed by atoms with Crippen molar-refractivity contribution < 1.29 is 14.2 Å². The van der Waals surface area contributed by atoms with Crippen molar-refractivity contribution in [1.29, 1.82) is 0 Å². The standard InChI is InChI=1S/C31H36ClFN6O2/c32-25-4-1-3-19-11-23(40)12-27(28(19)25)37-10-7-24-26(17-37)35-30(36-29(24)38-15-21-5-6-22(16-38)34-21)41-18-31-8-2-9-39(31)14-20(33)13-31/h1,3-4,11-12,20-22,34,40H,2,5-10,13-18H2/t20-,21?,22?,31+/m1/s1. The number of aromatic hydroxyl groups is 1. The molecule has 5 aliphatic heterocycles. The van der Waals surface area contributed by atoms with Gasteiger partial charge in [-0.3, -0.25) is 4.90 Å². The maximum Gasteiger partial charge on any atom is 0.318 e. The van der Waals surface area contributed by atoms with E-state index in [1.54, 1.807) is 12.1 Å². The van der Waals surface area contributed by atoms with Crippen molar-refractivity contribution in [3.05, 3.63) is 46.6 Å². The lowest BCUT2D eigenvalue weighted by molar-refractivity contribution is 0.107. The van der Waals surface area contributed by atoms with Crippen molar-refractivity contribution in [3.8, 4) is 11.8 Å². The fourth-order valence-electron chi connectivity index (χ4n) is 8.13. The summed E-state index contributed by atoms with van der Waals surface area (Å²) in [7, 11) is 0. The van der Waals surface area contributed by atoms with E-state index in [9.17, 15) is 9.50 Å². The van der Waals surface area contributed by atoms with Gasteiger partial charge in [0.15, 0.2) is 0 Å². The summed E-state index contributed by atoms with van der Waals surface area (Å²) in [6.45, 7) is 5.02. The molecule has 0 radical (unpaired) electrons. The Bertz CT molecular complexity index is 1500. The molecular weight excluding hydrogens is 543 g/mol. The number of nitrogens with one attached hydrogen (secondary N) is 1. The number of fused-ring (bicyclic) bond motifs is 5. The van der Waals surface area contributed by atoms with E-state index in [-0.39, 0.29) is 11.3 Å². The van der Waals surface area contributed by atoms with Gasteiger partial charge in [-0.1, -0.05) is 23.7 Å². The quantitative estimate of drug-likeness (QED) is 0.460. The predicted octanol–water partition coefficient (Wildman–Crippen LogP) is 4.45. The Morgan fingerprint density at radius 1 is 1.10 bits per heavy atom. The average Bonchev–Trinajstić information content (AvgIpc) is 3.61. The van der Waals surface area contributed by atoms with Crippen molar-refractivity contribution in [1.82, 2.24) is 20.2 Å². The molecule has 8 nitrogen and oxygen atoms in total. The molecule has 0 spiro atoms. The zero-order valence-corrected chi connectivity index (χ0v) is 23.9. The SMILES string of the molecule is Oc1cc(N2CCc3c(nc(OC[C@@]45CCCN4C[C@H](F)C5)nc3N3CC4CCC(C3)N4)C2)c2c(Cl)cccc2c1. The van der Waals surface area contributed by atoms with Gasteiger partial charge >= 0.3 is 6.01 Å². The van der Waals surface area contributed by atoms with Gasteiger partial charge in [0.05, 0.1) is 28.5 Å². The Morgan fingerprint density at radius 2 is 1.95 bits per heavy atom. The molecule has 6 heterocycles. The van der Waals surface area contributed by atoms with Crippen molar-refractivity contribution in [2.24, 2.45) is 0 Å². The summed E-state index contributed by atoms with van der Waals surface area (Å²) in [6.07, 6.45) is 4.92. The highest BCUT2D eigenvalue weighted by molar-refractivity contribution is 6.36. The van der Waals surface area contributed by atoms with Gasteiger partial charge in [-0.2, -0.15) is 9.97 Å². The second-order valence-corrected chi connectivity index (χ2v) is 13.0. The molecule has 41 heavy (non-hydrogen) atoms. The number of phenols is 1. The van der Waals surface area contributed by atoms with Crippen LogP contribution in [0.1, 0.15) is 43.4 Å². The molecule has 2 N–H and O–H groups in total. The molecule has 216 valence electrons. The molecule has 2 unspecified atom stereocenters. The maximum absolute atomic E-state index is 14.4. The van der Waals surface area contributed by atoms with E-state index < -0.39 is 6.17 Å². The van der Waals surface area contributed by atoms with Crippen LogP contribution in [0.3, 0.4) is 0 Å². The fraction of sp³-hybridized carbons (Fsp3) is 0.548. The average molecular weight is 579 g/mol. The van der Waals surface area contributed by atoms with Crippen molar-refractivity contribution in [2.75, 3.05) is 49.1 Å².